The molecule has 1 aromatic carbocycles. The fraction of sp³-hybridized carbons (Fsp3) is 0.500. The van der Waals surface area contributed by atoms with E-state index in [9.17, 15) is 0 Å². The summed E-state index contributed by atoms with van der Waals surface area (Å²) in [5, 5.41) is 4.75. The molecule has 3 heteroatoms. The van der Waals surface area contributed by atoms with Gasteiger partial charge in [-0.15, -0.1) is 0 Å². The minimum absolute atomic E-state index is 0.429. The van der Waals surface area contributed by atoms with Crippen molar-refractivity contribution in [3.05, 3.63) is 35.5 Å². The van der Waals surface area contributed by atoms with Crippen LogP contribution in [0.15, 0.2) is 24.3 Å². The van der Waals surface area contributed by atoms with Crippen LogP contribution in [0.3, 0.4) is 0 Å². The highest BCUT2D eigenvalue weighted by molar-refractivity contribution is 5.84. The van der Waals surface area contributed by atoms with Crippen molar-refractivity contribution < 1.29 is 4.74 Å². The average molecular weight is 286 g/mol. The number of methoxy groups -OCH3 is 1. The van der Waals surface area contributed by atoms with Crippen molar-refractivity contribution in [1.82, 2.24) is 10.3 Å². The summed E-state index contributed by atoms with van der Waals surface area (Å²) in [6, 6.07) is 8.85. The highest BCUT2D eigenvalue weighted by Gasteiger charge is 2.10. The highest BCUT2D eigenvalue weighted by atomic mass is 16.5. The molecule has 0 aliphatic rings. The monoisotopic (exact) mass is 286 g/mol. The molecular formula is C18H26N2O. The second kappa shape index (κ2) is 6.90. The van der Waals surface area contributed by atoms with Crippen LogP contribution in [-0.4, -0.2) is 18.1 Å². The van der Waals surface area contributed by atoms with E-state index in [-0.39, 0.29) is 0 Å². The zero-order valence-corrected chi connectivity index (χ0v) is 13.7. The van der Waals surface area contributed by atoms with Crippen LogP contribution in [0.5, 0.6) is 5.75 Å². The summed E-state index contributed by atoms with van der Waals surface area (Å²) in [7, 11) is 1.70. The van der Waals surface area contributed by atoms with E-state index in [1.807, 2.05) is 12.1 Å². The van der Waals surface area contributed by atoms with E-state index in [2.05, 4.69) is 45.1 Å². The quantitative estimate of drug-likeness (QED) is 0.861. The third-order valence-corrected chi connectivity index (χ3v) is 3.97. The third kappa shape index (κ3) is 3.73. The normalized spacial score (nSPS) is 12.9. The van der Waals surface area contributed by atoms with Crippen LogP contribution in [-0.2, 0) is 6.54 Å². The number of benzene rings is 1. The number of nitrogens with one attached hydrogen (secondary N) is 1. The molecule has 2 rings (SSSR count). The van der Waals surface area contributed by atoms with Crippen molar-refractivity contribution in [3.63, 3.8) is 0 Å². The standard InChI is InChI=1S/C18H26N2O/c1-6-13(4)19-11-14-9-18(12(2)3)20-17-8-7-15(21-5)10-16(14)17/h7-10,12-13,19H,6,11H2,1-5H3. The molecule has 0 saturated heterocycles. The second-order valence-electron chi connectivity index (χ2n) is 5.93. The van der Waals surface area contributed by atoms with Gasteiger partial charge in [0.25, 0.3) is 0 Å². The van der Waals surface area contributed by atoms with Gasteiger partial charge in [-0.05, 0) is 49.1 Å². The summed E-state index contributed by atoms with van der Waals surface area (Å²) in [6.07, 6.45) is 1.13. The Labute approximate surface area is 127 Å². The summed E-state index contributed by atoms with van der Waals surface area (Å²) in [5.74, 6) is 1.31. The lowest BCUT2D eigenvalue weighted by atomic mass is 10.0. The van der Waals surface area contributed by atoms with Crippen LogP contribution in [0.4, 0.5) is 0 Å². The van der Waals surface area contributed by atoms with Crippen LogP contribution in [0.2, 0.25) is 0 Å². The molecule has 3 nitrogen and oxygen atoms in total. The highest BCUT2D eigenvalue weighted by Crippen LogP contribution is 2.26. The molecule has 0 spiro atoms. The van der Waals surface area contributed by atoms with Crippen LogP contribution in [0.1, 0.15) is 51.3 Å². The number of aromatic nitrogens is 1. The fourth-order valence-corrected chi connectivity index (χ4v) is 2.29. The van der Waals surface area contributed by atoms with Crippen molar-refractivity contribution in [2.45, 2.75) is 52.6 Å². The van der Waals surface area contributed by atoms with E-state index in [1.165, 1.54) is 10.9 Å². The van der Waals surface area contributed by atoms with Crippen LogP contribution in [0, 0.1) is 0 Å². The van der Waals surface area contributed by atoms with Gasteiger partial charge in [-0.1, -0.05) is 20.8 Å². The Hall–Kier alpha value is -1.61. The zero-order valence-electron chi connectivity index (χ0n) is 13.7. The minimum Gasteiger partial charge on any atom is -0.497 e. The maximum absolute atomic E-state index is 5.35. The van der Waals surface area contributed by atoms with E-state index >= 15 is 0 Å². The topological polar surface area (TPSA) is 34.2 Å². The van der Waals surface area contributed by atoms with Crippen LogP contribution in [0.25, 0.3) is 10.9 Å². The molecule has 1 heterocycles. The van der Waals surface area contributed by atoms with Gasteiger partial charge >= 0.3 is 0 Å². The number of hydrogen-bond acceptors (Lipinski definition) is 3. The van der Waals surface area contributed by atoms with Gasteiger partial charge in [0.15, 0.2) is 0 Å². The van der Waals surface area contributed by atoms with Crippen molar-refractivity contribution in [2.75, 3.05) is 7.11 Å². The van der Waals surface area contributed by atoms with Crippen LogP contribution < -0.4 is 10.1 Å². The Morgan fingerprint density at radius 3 is 2.57 bits per heavy atom. The van der Waals surface area contributed by atoms with Gasteiger partial charge < -0.3 is 10.1 Å². The number of fused-ring (bicyclic) bond motifs is 1. The molecule has 1 N–H and O–H groups in total. The summed E-state index contributed by atoms with van der Waals surface area (Å²) >= 11 is 0. The van der Waals surface area contributed by atoms with E-state index in [0.717, 1.165) is 29.9 Å². The van der Waals surface area contributed by atoms with Crippen molar-refractivity contribution in [1.29, 1.82) is 0 Å². The Morgan fingerprint density at radius 1 is 1.19 bits per heavy atom. The molecule has 0 amide bonds. The van der Waals surface area contributed by atoms with Gasteiger partial charge in [0.05, 0.1) is 12.6 Å². The van der Waals surface area contributed by atoms with Crippen molar-refractivity contribution in [3.8, 4) is 5.75 Å². The van der Waals surface area contributed by atoms with E-state index in [1.54, 1.807) is 7.11 Å². The molecule has 21 heavy (non-hydrogen) atoms. The predicted octanol–water partition coefficient (Wildman–Crippen LogP) is 4.25. The molecule has 1 atom stereocenters. The Kier molecular flexibility index (Phi) is 5.18. The Morgan fingerprint density at radius 2 is 1.95 bits per heavy atom. The first-order valence-corrected chi connectivity index (χ1v) is 7.76. The summed E-state index contributed by atoms with van der Waals surface area (Å²) in [5.41, 5.74) is 3.49. The molecule has 0 aliphatic carbocycles. The smallest absolute Gasteiger partial charge is 0.119 e. The molecule has 0 aliphatic heterocycles. The lowest BCUT2D eigenvalue weighted by Gasteiger charge is -2.16. The van der Waals surface area contributed by atoms with Crippen LogP contribution >= 0.6 is 0 Å². The first kappa shape index (κ1) is 15.8. The predicted molar refractivity (Wildman–Crippen MR) is 89.0 cm³/mol. The van der Waals surface area contributed by atoms with Gasteiger partial charge in [-0.2, -0.15) is 0 Å². The second-order valence-corrected chi connectivity index (χ2v) is 5.93. The van der Waals surface area contributed by atoms with Gasteiger partial charge in [0.2, 0.25) is 0 Å². The van der Waals surface area contributed by atoms with Crippen molar-refractivity contribution in [2.24, 2.45) is 0 Å². The number of nitrogens with zero attached hydrogens (tertiary/aromatic N) is 1. The largest absolute Gasteiger partial charge is 0.497 e. The zero-order chi connectivity index (χ0) is 15.4. The molecule has 0 radical (unpaired) electrons. The summed E-state index contributed by atoms with van der Waals surface area (Å²) in [6.45, 7) is 9.65. The first-order chi connectivity index (χ1) is 10.0. The molecule has 0 fully saturated rings. The lowest BCUT2D eigenvalue weighted by molar-refractivity contribution is 0.415. The first-order valence-electron chi connectivity index (χ1n) is 7.76. The van der Waals surface area contributed by atoms with E-state index in [4.69, 9.17) is 9.72 Å². The van der Waals surface area contributed by atoms with Crippen molar-refractivity contribution >= 4 is 10.9 Å². The molecule has 0 saturated carbocycles. The van der Waals surface area contributed by atoms with E-state index < -0.39 is 0 Å². The summed E-state index contributed by atoms with van der Waals surface area (Å²) in [4.78, 5) is 4.77. The van der Waals surface area contributed by atoms with E-state index in [0.29, 0.717) is 12.0 Å². The molecule has 1 unspecified atom stereocenters. The average Bonchev–Trinajstić information content (AvgIpc) is 2.51. The molecular weight excluding hydrogens is 260 g/mol. The molecule has 1 aromatic heterocycles. The Balaban J connectivity index is 2.46. The SMILES string of the molecule is CCC(C)NCc1cc(C(C)C)nc2ccc(OC)cc12. The summed E-state index contributed by atoms with van der Waals surface area (Å²) < 4.78 is 5.35. The minimum atomic E-state index is 0.429. The Bertz CT molecular complexity index is 607. The molecule has 114 valence electrons. The van der Waals surface area contributed by atoms with Gasteiger partial charge in [0, 0.05) is 23.7 Å². The number of hydrogen-bond donors (Lipinski definition) is 1. The van der Waals surface area contributed by atoms with Gasteiger partial charge in [-0.25, -0.2) is 0 Å². The lowest BCUT2D eigenvalue weighted by Crippen LogP contribution is -2.24. The fourth-order valence-electron chi connectivity index (χ4n) is 2.29. The van der Waals surface area contributed by atoms with Gasteiger partial charge in [-0.3, -0.25) is 4.98 Å². The molecule has 2 aromatic rings. The molecule has 0 bridgehead atoms. The maximum Gasteiger partial charge on any atom is 0.119 e. The number of ether oxygens (including phenoxy) is 1. The maximum atomic E-state index is 5.35. The number of pyridine rings is 1. The van der Waals surface area contributed by atoms with Gasteiger partial charge in [0.1, 0.15) is 5.75 Å². The number of rotatable bonds is 6. The third-order valence-electron chi connectivity index (χ3n) is 3.97.